The minimum absolute atomic E-state index is 0.700. The van der Waals surface area contributed by atoms with Crippen molar-refractivity contribution in [3.8, 4) is 0 Å². The fraction of sp³-hybridized carbons (Fsp3) is 0.600. The maximum absolute atomic E-state index is 11.9. The Morgan fingerprint density at radius 1 is 1.37 bits per heavy atom. The normalized spacial score (nSPS) is 27.7. The van der Waals surface area contributed by atoms with Crippen LogP contribution in [0.15, 0.2) is 27.0 Å². The summed E-state index contributed by atoms with van der Waals surface area (Å²) >= 11 is 0. The van der Waals surface area contributed by atoms with Crippen LogP contribution in [0.2, 0.25) is 0 Å². The van der Waals surface area contributed by atoms with E-state index >= 15 is 0 Å². The molecule has 1 aromatic rings. The number of nitrogens with one attached hydrogen (secondary N) is 1. The highest BCUT2D eigenvalue weighted by molar-refractivity contribution is 7.70. The van der Waals surface area contributed by atoms with Crippen LogP contribution in [0.4, 0.5) is 0 Å². The minimum atomic E-state index is -4.84. The Morgan fingerprint density at radius 2 is 2.04 bits per heavy atom. The third-order valence-corrected chi connectivity index (χ3v) is 6.91. The third kappa shape index (κ3) is 5.59. The fourth-order valence-electron chi connectivity index (χ4n) is 2.37. The van der Waals surface area contributed by atoms with Gasteiger partial charge in [0.25, 0.3) is 5.56 Å². The number of ether oxygens (including phenoxy) is 1. The average Bonchev–Trinajstić information content (AvgIpc) is 2.80. The molecule has 1 saturated heterocycles. The SMILES string of the molecule is [N-]=[N+]=N[C@@H]1[C@H](O)[C@@H](COP(=O)(O)CP(=O)(O)O)O[C@H]1n1ccc(=O)[nH]c1=O. The van der Waals surface area contributed by atoms with Crippen LogP contribution < -0.4 is 11.2 Å². The first-order valence-corrected chi connectivity index (χ1v) is 10.7. The summed E-state index contributed by atoms with van der Waals surface area (Å²) in [6.45, 7) is -0.791. The van der Waals surface area contributed by atoms with Gasteiger partial charge in [-0.15, -0.1) is 0 Å². The van der Waals surface area contributed by atoms with E-state index in [2.05, 4.69) is 14.5 Å². The first-order valence-electron chi connectivity index (χ1n) is 7.14. The molecule has 0 bridgehead atoms. The van der Waals surface area contributed by atoms with Crippen molar-refractivity contribution in [1.82, 2.24) is 9.55 Å². The van der Waals surface area contributed by atoms with Crippen LogP contribution in [0, 0.1) is 0 Å². The van der Waals surface area contributed by atoms with Gasteiger partial charge in [0, 0.05) is 17.2 Å². The van der Waals surface area contributed by atoms with Gasteiger partial charge in [0.2, 0.25) is 0 Å². The molecule has 0 aromatic carbocycles. The molecule has 1 unspecified atom stereocenters. The summed E-state index contributed by atoms with van der Waals surface area (Å²) in [5, 5.41) is 13.5. The first kappa shape index (κ1) is 21.5. The number of rotatable bonds is 7. The molecule has 1 aromatic heterocycles. The van der Waals surface area contributed by atoms with E-state index in [0.29, 0.717) is 0 Å². The van der Waals surface area contributed by atoms with Crippen molar-refractivity contribution in [1.29, 1.82) is 0 Å². The number of aromatic nitrogens is 2. The molecule has 2 heterocycles. The molecule has 150 valence electrons. The van der Waals surface area contributed by atoms with Crippen molar-refractivity contribution in [2.75, 3.05) is 12.5 Å². The zero-order valence-corrected chi connectivity index (χ0v) is 15.1. The molecule has 1 aliphatic rings. The molecule has 0 amide bonds. The highest BCUT2D eigenvalue weighted by Gasteiger charge is 2.46. The summed E-state index contributed by atoms with van der Waals surface area (Å²) in [5.41, 5.74) is 7.02. The van der Waals surface area contributed by atoms with Gasteiger partial charge in [0.15, 0.2) is 5.90 Å². The molecule has 0 radical (unpaired) electrons. The molecular weight excluding hydrogens is 412 g/mol. The van der Waals surface area contributed by atoms with Gasteiger partial charge >= 0.3 is 20.9 Å². The van der Waals surface area contributed by atoms with Gasteiger partial charge < -0.3 is 29.0 Å². The van der Waals surface area contributed by atoms with Crippen molar-refractivity contribution in [3.63, 3.8) is 0 Å². The third-order valence-electron chi connectivity index (χ3n) is 3.45. The summed E-state index contributed by atoms with van der Waals surface area (Å²) in [5.74, 6) is -1.44. The second kappa shape index (κ2) is 8.07. The quantitative estimate of drug-likeness (QED) is 0.151. The molecular formula is C10H15N5O10P2. The summed E-state index contributed by atoms with van der Waals surface area (Å²) in [7, 11) is -9.55. The summed E-state index contributed by atoms with van der Waals surface area (Å²) < 4.78 is 33.2. The summed E-state index contributed by atoms with van der Waals surface area (Å²) in [6.07, 6.45) is -3.29. The second-order valence-electron chi connectivity index (χ2n) is 5.51. The highest BCUT2D eigenvalue weighted by Crippen LogP contribution is 2.55. The van der Waals surface area contributed by atoms with Gasteiger partial charge in [-0.3, -0.25) is 23.5 Å². The van der Waals surface area contributed by atoms with Gasteiger partial charge in [-0.05, 0) is 5.53 Å². The van der Waals surface area contributed by atoms with Gasteiger partial charge in [0.1, 0.15) is 18.4 Å². The molecule has 5 atom stereocenters. The maximum atomic E-state index is 11.9. The molecule has 2 rings (SSSR count). The zero-order valence-electron chi connectivity index (χ0n) is 13.3. The Balaban J connectivity index is 2.22. The molecule has 0 aliphatic carbocycles. The topological polar surface area (TPSA) is 237 Å². The maximum Gasteiger partial charge on any atom is 0.340 e. The number of azide groups is 1. The first-order chi connectivity index (χ1) is 12.4. The van der Waals surface area contributed by atoms with E-state index < -0.39 is 63.4 Å². The van der Waals surface area contributed by atoms with Gasteiger partial charge in [-0.25, -0.2) is 4.79 Å². The zero-order chi connectivity index (χ0) is 20.4. The summed E-state index contributed by atoms with van der Waals surface area (Å²) in [6, 6.07) is -0.372. The molecule has 27 heavy (non-hydrogen) atoms. The lowest BCUT2D eigenvalue weighted by atomic mass is 10.1. The molecule has 15 nitrogen and oxygen atoms in total. The van der Waals surface area contributed by atoms with Crippen LogP contribution in [0.3, 0.4) is 0 Å². The number of aliphatic hydroxyl groups excluding tert-OH is 1. The Kier molecular flexibility index (Phi) is 6.43. The van der Waals surface area contributed by atoms with E-state index in [4.69, 9.17) is 20.1 Å². The molecule has 5 N–H and O–H groups in total. The van der Waals surface area contributed by atoms with Crippen molar-refractivity contribution in [2.24, 2.45) is 5.11 Å². The van der Waals surface area contributed by atoms with Crippen molar-refractivity contribution >= 4 is 15.2 Å². The van der Waals surface area contributed by atoms with E-state index in [9.17, 15) is 28.7 Å². The summed E-state index contributed by atoms with van der Waals surface area (Å²) in [4.78, 5) is 54.4. The van der Waals surface area contributed by atoms with Crippen LogP contribution in [0.25, 0.3) is 10.4 Å². The lowest BCUT2D eigenvalue weighted by Gasteiger charge is -2.18. The fourth-order valence-corrected chi connectivity index (χ4v) is 4.94. The van der Waals surface area contributed by atoms with Crippen molar-refractivity contribution in [3.05, 3.63) is 43.5 Å². The minimum Gasteiger partial charge on any atom is -0.390 e. The Morgan fingerprint density at radius 3 is 2.59 bits per heavy atom. The van der Waals surface area contributed by atoms with Gasteiger partial charge in [-0.1, -0.05) is 5.11 Å². The lowest BCUT2D eigenvalue weighted by Crippen LogP contribution is -2.36. The average molecular weight is 427 g/mol. The lowest BCUT2D eigenvalue weighted by molar-refractivity contribution is -0.0429. The number of aromatic amines is 1. The van der Waals surface area contributed by atoms with Crippen LogP contribution in [0.5, 0.6) is 0 Å². The predicted molar refractivity (Wildman–Crippen MR) is 86.9 cm³/mol. The van der Waals surface area contributed by atoms with Crippen LogP contribution >= 0.6 is 15.2 Å². The van der Waals surface area contributed by atoms with Crippen molar-refractivity contribution < 1.29 is 38.2 Å². The monoisotopic (exact) mass is 427 g/mol. The Hall–Kier alpha value is -1.79. The molecule has 0 saturated carbocycles. The molecule has 1 aliphatic heterocycles. The number of aliphatic hydroxyl groups is 1. The number of hydrogen-bond acceptors (Lipinski definition) is 8. The van der Waals surface area contributed by atoms with Gasteiger partial charge in [0.05, 0.1) is 12.7 Å². The van der Waals surface area contributed by atoms with Crippen LogP contribution in [-0.2, 0) is 18.4 Å². The number of nitrogens with zero attached hydrogens (tertiary/aromatic N) is 4. The van der Waals surface area contributed by atoms with E-state index in [1.165, 1.54) is 0 Å². The Labute approximate surface area is 149 Å². The molecule has 1 fully saturated rings. The number of H-pyrrole nitrogens is 1. The van der Waals surface area contributed by atoms with E-state index in [1.807, 2.05) is 4.98 Å². The standard InChI is InChI=1S/C10H15N5O10P2/c11-14-13-7-8(17)5(3-24-27(22,23)4-26(19,20)21)25-9(7)15-2-1-6(16)12-10(15)18/h1-2,5,7-9,17H,3-4H2,(H,22,23)(H,12,16,18)(H2,19,20,21)/t5-,7-,8-,9-/m1/s1. The van der Waals surface area contributed by atoms with Gasteiger partial charge in [-0.2, -0.15) is 0 Å². The van der Waals surface area contributed by atoms with Crippen molar-refractivity contribution in [2.45, 2.75) is 24.5 Å². The Bertz CT molecular complexity index is 948. The predicted octanol–water partition coefficient (Wildman–Crippen LogP) is -1.19. The number of hydrogen-bond donors (Lipinski definition) is 5. The molecule has 0 spiro atoms. The van der Waals surface area contributed by atoms with E-state index in [0.717, 1.165) is 16.8 Å². The molecule has 17 heteroatoms. The van der Waals surface area contributed by atoms with Crippen LogP contribution in [0.1, 0.15) is 6.23 Å². The largest absolute Gasteiger partial charge is 0.390 e. The van der Waals surface area contributed by atoms with E-state index in [1.54, 1.807) is 0 Å². The van der Waals surface area contributed by atoms with Crippen LogP contribution in [-0.4, -0.2) is 60.1 Å². The second-order valence-corrected chi connectivity index (χ2v) is 9.50. The van der Waals surface area contributed by atoms with E-state index in [-0.39, 0.29) is 0 Å². The smallest absolute Gasteiger partial charge is 0.340 e. The highest BCUT2D eigenvalue weighted by atomic mass is 31.2.